The summed E-state index contributed by atoms with van der Waals surface area (Å²) in [5, 5.41) is 0. The first-order chi connectivity index (χ1) is 2.73. The first-order valence-corrected chi connectivity index (χ1v) is 2.07. The first kappa shape index (κ1) is 15.7. The maximum Gasteiger partial charge on any atom is 0.128 e. The van der Waals surface area contributed by atoms with Gasteiger partial charge in [-0.3, -0.25) is 0 Å². The average molecular weight is 146 g/mol. The normalized spacial score (nSPS) is 4.14. The molecular weight excluding hydrogens is 138 g/mol. The van der Waals surface area contributed by atoms with Gasteiger partial charge in [0.25, 0.3) is 0 Å². The van der Waals surface area contributed by atoms with Crippen LogP contribution < -0.4 is 5.73 Å². The molecular formula is C3H7MgNS2. The van der Waals surface area contributed by atoms with Gasteiger partial charge in [0, 0.05) is 23.1 Å². The monoisotopic (exact) mass is 145 g/mol. The van der Waals surface area contributed by atoms with Crippen molar-refractivity contribution in [3.05, 3.63) is 13.2 Å². The van der Waals surface area contributed by atoms with Crippen molar-refractivity contribution < 1.29 is 0 Å². The number of nitrogens with two attached hydrogens (primary N) is 1. The van der Waals surface area contributed by atoms with Crippen molar-refractivity contribution in [3.8, 4) is 0 Å². The fourth-order valence-electron chi connectivity index (χ4n) is 0. The van der Waals surface area contributed by atoms with Gasteiger partial charge in [0.15, 0.2) is 0 Å². The highest BCUT2D eigenvalue weighted by molar-refractivity contribution is 8.10. The van der Waals surface area contributed by atoms with Crippen LogP contribution in [0.25, 0.3) is 0 Å². The topological polar surface area (TPSA) is 26.0 Å². The summed E-state index contributed by atoms with van der Waals surface area (Å²) in [5.74, 6) is 0. The lowest BCUT2D eigenvalue weighted by molar-refractivity contribution is 1.91. The predicted molar refractivity (Wildman–Crippen MR) is 42.8 cm³/mol. The minimum absolute atomic E-state index is 0. The van der Waals surface area contributed by atoms with Gasteiger partial charge < -0.3 is 5.73 Å². The molecule has 0 atom stereocenters. The minimum Gasteiger partial charge on any atom is -0.385 e. The molecule has 0 unspecified atom stereocenters. The standard InChI is InChI=1S/C2H4.CH3NS2.Mg/c1-2;2-1(3)4;/h1-2H2;(H3,2,3,4);. The van der Waals surface area contributed by atoms with Crippen molar-refractivity contribution in [2.45, 2.75) is 0 Å². The molecule has 0 saturated carbocycles. The zero-order chi connectivity index (χ0) is 5.58. The van der Waals surface area contributed by atoms with Gasteiger partial charge in [-0.1, -0.05) is 12.2 Å². The average Bonchev–Trinajstić information content (AvgIpc) is 1.41. The van der Waals surface area contributed by atoms with Crippen LogP contribution >= 0.6 is 24.8 Å². The maximum atomic E-state index is 4.71. The van der Waals surface area contributed by atoms with Crippen molar-refractivity contribution in [1.82, 2.24) is 0 Å². The molecule has 4 heteroatoms. The third-order valence-electron chi connectivity index (χ3n) is 0. The Hall–Kier alpha value is 0.746. The van der Waals surface area contributed by atoms with E-state index < -0.39 is 0 Å². The molecule has 0 amide bonds. The Bertz CT molecular complexity index is 44.2. The molecule has 1 nitrogen and oxygen atoms in total. The van der Waals surface area contributed by atoms with Crippen LogP contribution in [0.15, 0.2) is 13.2 Å². The highest BCUT2D eigenvalue weighted by atomic mass is 32.1. The van der Waals surface area contributed by atoms with E-state index in [-0.39, 0.29) is 27.4 Å². The summed E-state index contributed by atoms with van der Waals surface area (Å²) < 4.78 is 0.194. The van der Waals surface area contributed by atoms with Crippen molar-refractivity contribution in [3.63, 3.8) is 0 Å². The molecule has 7 heavy (non-hydrogen) atoms. The quantitative estimate of drug-likeness (QED) is 0.226. The second-order valence-electron chi connectivity index (χ2n) is 0.338. The van der Waals surface area contributed by atoms with E-state index in [1.807, 2.05) is 0 Å². The van der Waals surface area contributed by atoms with Gasteiger partial charge in [0.05, 0.1) is 0 Å². The molecule has 0 bridgehead atoms. The number of hydrogen-bond donors (Lipinski definition) is 2. The number of thiocarbonyl (C=S) groups is 1. The van der Waals surface area contributed by atoms with Crippen molar-refractivity contribution >= 4 is 52.2 Å². The lowest BCUT2D eigenvalue weighted by Crippen LogP contribution is -1.94. The van der Waals surface area contributed by atoms with E-state index in [9.17, 15) is 0 Å². The Morgan fingerprint density at radius 1 is 1.57 bits per heavy atom. The maximum absolute atomic E-state index is 4.71. The van der Waals surface area contributed by atoms with E-state index in [0.717, 1.165) is 0 Å². The largest absolute Gasteiger partial charge is 0.385 e. The molecule has 0 aliphatic heterocycles. The van der Waals surface area contributed by atoms with E-state index in [1.54, 1.807) is 0 Å². The van der Waals surface area contributed by atoms with Crippen molar-refractivity contribution in [2.24, 2.45) is 5.73 Å². The fourth-order valence-corrected chi connectivity index (χ4v) is 0. The van der Waals surface area contributed by atoms with Crippen LogP contribution in [0.3, 0.4) is 0 Å². The highest BCUT2D eigenvalue weighted by Gasteiger charge is 1.55. The Balaban J connectivity index is -0.0000000480. The second-order valence-corrected chi connectivity index (χ2v) is 1.56. The lowest BCUT2D eigenvalue weighted by atomic mass is 11.3. The molecule has 0 aliphatic carbocycles. The van der Waals surface area contributed by atoms with E-state index in [1.165, 1.54) is 0 Å². The molecule has 0 fully saturated rings. The Morgan fingerprint density at radius 3 is 1.57 bits per heavy atom. The lowest BCUT2D eigenvalue weighted by Gasteiger charge is -1.64. The highest BCUT2D eigenvalue weighted by Crippen LogP contribution is 1.63. The van der Waals surface area contributed by atoms with Crippen LogP contribution in [0.4, 0.5) is 0 Å². The summed E-state index contributed by atoms with van der Waals surface area (Å²) in [5.41, 5.74) is 4.71. The molecule has 0 aromatic rings. The summed E-state index contributed by atoms with van der Waals surface area (Å²) in [7, 11) is 0. The van der Waals surface area contributed by atoms with Crippen LogP contribution in [0.1, 0.15) is 0 Å². The summed E-state index contributed by atoms with van der Waals surface area (Å²) in [6.45, 7) is 6.00. The van der Waals surface area contributed by atoms with E-state index in [2.05, 4.69) is 38.0 Å². The van der Waals surface area contributed by atoms with Gasteiger partial charge in [-0.25, -0.2) is 0 Å². The molecule has 2 radical (unpaired) electrons. The van der Waals surface area contributed by atoms with E-state index in [4.69, 9.17) is 5.73 Å². The van der Waals surface area contributed by atoms with Gasteiger partial charge >= 0.3 is 0 Å². The van der Waals surface area contributed by atoms with Crippen LogP contribution in [-0.4, -0.2) is 27.4 Å². The molecule has 0 aromatic heterocycles. The molecule has 0 heterocycles. The molecule has 0 aliphatic rings. The Kier molecular flexibility index (Phi) is 35.5. The third kappa shape index (κ3) is 273. The summed E-state index contributed by atoms with van der Waals surface area (Å²) in [6.07, 6.45) is 0. The number of rotatable bonds is 0. The Labute approximate surface area is 70.9 Å². The molecule has 2 N–H and O–H groups in total. The zero-order valence-corrected chi connectivity index (χ0v) is 7.18. The SMILES string of the molecule is C=C.NC(=S)S.[Mg]. The van der Waals surface area contributed by atoms with Gasteiger partial charge in [-0.15, -0.1) is 25.8 Å². The Morgan fingerprint density at radius 2 is 1.57 bits per heavy atom. The van der Waals surface area contributed by atoms with E-state index in [0.29, 0.717) is 0 Å². The van der Waals surface area contributed by atoms with Gasteiger partial charge in [0.2, 0.25) is 0 Å². The summed E-state index contributed by atoms with van der Waals surface area (Å²) >= 11 is 7.65. The molecule has 0 aromatic carbocycles. The smallest absolute Gasteiger partial charge is 0.128 e. The molecule has 0 saturated heterocycles. The van der Waals surface area contributed by atoms with Crippen LogP contribution in [0, 0.1) is 0 Å². The van der Waals surface area contributed by atoms with Crippen molar-refractivity contribution in [1.29, 1.82) is 0 Å². The van der Waals surface area contributed by atoms with Gasteiger partial charge in [-0.2, -0.15) is 0 Å². The van der Waals surface area contributed by atoms with Crippen LogP contribution in [0.5, 0.6) is 0 Å². The number of thiol groups is 1. The number of hydrogen-bond acceptors (Lipinski definition) is 1. The fraction of sp³-hybridized carbons (Fsp3) is 0. The van der Waals surface area contributed by atoms with Crippen molar-refractivity contribution in [2.75, 3.05) is 0 Å². The van der Waals surface area contributed by atoms with E-state index >= 15 is 0 Å². The molecule has 0 rings (SSSR count). The van der Waals surface area contributed by atoms with Gasteiger partial charge in [-0.05, 0) is 0 Å². The molecule has 38 valence electrons. The second kappa shape index (κ2) is 15.9. The summed E-state index contributed by atoms with van der Waals surface area (Å²) in [4.78, 5) is 0. The summed E-state index contributed by atoms with van der Waals surface area (Å²) in [6, 6.07) is 0. The molecule has 0 spiro atoms. The van der Waals surface area contributed by atoms with Crippen LogP contribution in [-0.2, 0) is 0 Å². The third-order valence-corrected chi connectivity index (χ3v) is 0. The minimum atomic E-state index is 0. The predicted octanol–water partition coefficient (Wildman–Crippen LogP) is 0.581. The first-order valence-electron chi connectivity index (χ1n) is 1.22. The van der Waals surface area contributed by atoms with Gasteiger partial charge in [0.1, 0.15) is 4.32 Å². The zero-order valence-electron chi connectivity index (χ0n) is 4.05. The van der Waals surface area contributed by atoms with Crippen LogP contribution in [0.2, 0.25) is 0 Å².